The third kappa shape index (κ3) is 1.85. The largest absolute Gasteiger partial charge is 0.239 e. The van der Waals surface area contributed by atoms with E-state index in [-0.39, 0.29) is 5.41 Å². The third-order valence-electron chi connectivity index (χ3n) is 2.94. The Bertz CT molecular complexity index is 428. The Hall–Kier alpha value is -1.07. The summed E-state index contributed by atoms with van der Waals surface area (Å²) in [5.41, 5.74) is 1.67. The maximum absolute atomic E-state index is 9.10. The van der Waals surface area contributed by atoms with Crippen molar-refractivity contribution in [3.05, 3.63) is 28.5 Å². The highest BCUT2D eigenvalue weighted by Gasteiger charge is 2.46. The first-order valence-electron chi connectivity index (χ1n) is 5.16. The Morgan fingerprint density at radius 3 is 2.60 bits per heavy atom. The van der Waals surface area contributed by atoms with Crippen molar-refractivity contribution in [2.45, 2.75) is 38.0 Å². The van der Waals surface area contributed by atoms with Crippen LogP contribution in [0, 0.1) is 11.3 Å². The van der Waals surface area contributed by atoms with E-state index in [0.717, 1.165) is 24.1 Å². The van der Waals surface area contributed by atoms with Gasteiger partial charge in [0.2, 0.25) is 0 Å². The number of halogens is 1. The molecule has 3 heteroatoms. The summed E-state index contributed by atoms with van der Waals surface area (Å²) in [5.74, 6) is 0.416. The van der Waals surface area contributed by atoms with Gasteiger partial charge in [-0.3, -0.25) is 0 Å². The van der Waals surface area contributed by atoms with Crippen LogP contribution in [0.2, 0.25) is 5.15 Å². The van der Waals surface area contributed by atoms with Gasteiger partial charge in [0, 0.05) is 0 Å². The lowest BCUT2D eigenvalue weighted by atomic mass is 9.98. The minimum absolute atomic E-state index is 0.339. The van der Waals surface area contributed by atoms with Gasteiger partial charge in [-0.15, -0.1) is 0 Å². The van der Waals surface area contributed by atoms with Gasteiger partial charge in [-0.1, -0.05) is 25.4 Å². The summed E-state index contributed by atoms with van der Waals surface area (Å²) in [6, 6.07) is 6.24. The molecule has 0 spiro atoms. The van der Waals surface area contributed by atoms with Crippen molar-refractivity contribution < 1.29 is 0 Å². The summed E-state index contributed by atoms with van der Waals surface area (Å²) < 4.78 is 0. The number of hydrogen-bond donors (Lipinski definition) is 0. The normalized spacial score (nSPS) is 17.5. The Kier molecular flexibility index (Phi) is 2.44. The predicted molar refractivity (Wildman–Crippen MR) is 59.9 cm³/mol. The fraction of sp³-hybridized carbons (Fsp3) is 0.500. The van der Waals surface area contributed by atoms with E-state index >= 15 is 0 Å². The van der Waals surface area contributed by atoms with Crippen molar-refractivity contribution in [2.24, 2.45) is 0 Å². The Labute approximate surface area is 94.9 Å². The third-order valence-corrected chi connectivity index (χ3v) is 3.13. The minimum atomic E-state index is -0.339. The van der Waals surface area contributed by atoms with E-state index in [1.807, 2.05) is 12.1 Å². The molecule has 0 radical (unpaired) electrons. The van der Waals surface area contributed by atoms with Gasteiger partial charge in [0.1, 0.15) is 5.15 Å². The van der Waals surface area contributed by atoms with Crippen molar-refractivity contribution in [3.63, 3.8) is 0 Å². The van der Waals surface area contributed by atoms with E-state index in [1.165, 1.54) is 0 Å². The van der Waals surface area contributed by atoms with Gasteiger partial charge in [0.15, 0.2) is 0 Å². The molecule has 1 aromatic heterocycles. The zero-order valence-electron chi connectivity index (χ0n) is 8.92. The molecule has 1 heterocycles. The maximum atomic E-state index is 9.10. The first kappa shape index (κ1) is 10.4. The summed E-state index contributed by atoms with van der Waals surface area (Å²) in [6.45, 7) is 4.22. The molecular weight excluding hydrogens is 208 g/mol. The van der Waals surface area contributed by atoms with Gasteiger partial charge >= 0.3 is 0 Å². The van der Waals surface area contributed by atoms with Crippen LogP contribution in [0.3, 0.4) is 0 Å². The number of nitriles is 1. The van der Waals surface area contributed by atoms with Crippen molar-refractivity contribution in [1.29, 1.82) is 5.26 Å². The van der Waals surface area contributed by atoms with Gasteiger partial charge in [-0.05, 0) is 36.5 Å². The SMILES string of the molecule is CC(C)c1cc(Cl)nc(C2(C#N)CC2)c1. The molecule has 0 unspecified atom stereocenters. The summed E-state index contributed by atoms with van der Waals surface area (Å²) >= 11 is 5.96. The van der Waals surface area contributed by atoms with Gasteiger partial charge in [0.05, 0.1) is 17.2 Å². The van der Waals surface area contributed by atoms with E-state index in [4.69, 9.17) is 16.9 Å². The highest BCUT2D eigenvalue weighted by molar-refractivity contribution is 6.29. The standard InChI is InChI=1S/C12H13ClN2/c1-8(2)9-5-10(15-11(13)6-9)12(7-14)3-4-12/h5-6,8H,3-4H2,1-2H3. The molecular formula is C12H13ClN2. The van der Waals surface area contributed by atoms with Gasteiger partial charge < -0.3 is 0 Å². The van der Waals surface area contributed by atoms with Crippen LogP contribution in [0.1, 0.15) is 43.9 Å². The van der Waals surface area contributed by atoms with Crippen LogP contribution in [-0.2, 0) is 5.41 Å². The van der Waals surface area contributed by atoms with Crippen LogP contribution in [0.4, 0.5) is 0 Å². The lowest BCUT2D eigenvalue weighted by Crippen LogP contribution is -2.07. The molecule has 1 saturated carbocycles. The van der Waals surface area contributed by atoms with E-state index in [2.05, 4.69) is 24.9 Å². The highest BCUT2D eigenvalue weighted by Crippen LogP contribution is 2.47. The summed E-state index contributed by atoms with van der Waals surface area (Å²) in [5, 5.41) is 9.60. The molecule has 15 heavy (non-hydrogen) atoms. The average molecular weight is 221 g/mol. The number of hydrogen-bond acceptors (Lipinski definition) is 2. The van der Waals surface area contributed by atoms with Crippen molar-refractivity contribution >= 4 is 11.6 Å². The molecule has 1 aliphatic rings. The molecule has 0 amide bonds. The maximum Gasteiger partial charge on any atom is 0.129 e. The van der Waals surface area contributed by atoms with Gasteiger partial charge in [-0.2, -0.15) is 5.26 Å². The molecule has 1 fully saturated rings. The second-order valence-electron chi connectivity index (χ2n) is 4.46. The molecule has 1 aliphatic carbocycles. The van der Waals surface area contributed by atoms with Crippen LogP contribution < -0.4 is 0 Å². The monoisotopic (exact) mass is 220 g/mol. The van der Waals surface area contributed by atoms with Crippen LogP contribution in [0.25, 0.3) is 0 Å². The molecule has 0 N–H and O–H groups in total. The Balaban J connectivity index is 2.46. The number of aromatic nitrogens is 1. The number of nitrogens with zero attached hydrogens (tertiary/aromatic N) is 2. The van der Waals surface area contributed by atoms with E-state index in [1.54, 1.807) is 0 Å². The van der Waals surface area contributed by atoms with Crippen LogP contribution in [-0.4, -0.2) is 4.98 Å². The first-order chi connectivity index (χ1) is 7.07. The second kappa shape index (κ2) is 3.50. The van der Waals surface area contributed by atoms with Crippen LogP contribution in [0.5, 0.6) is 0 Å². The van der Waals surface area contributed by atoms with Crippen molar-refractivity contribution in [3.8, 4) is 6.07 Å². The van der Waals surface area contributed by atoms with E-state index in [9.17, 15) is 0 Å². The van der Waals surface area contributed by atoms with Gasteiger partial charge in [0.25, 0.3) is 0 Å². The topological polar surface area (TPSA) is 36.7 Å². The Morgan fingerprint density at radius 2 is 2.13 bits per heavy atom. The summed E-state index contributed by atoms with van der Waals surface area (Å²) in [4.78, 5) is 4.26. The smallest absolute Gasteiger partial charge is 0.129 e. The molecule has 0 bridgehead atoms. The van der Waals surface area contributed by atoms with Crippen molar-refractivity contribution in [2.75, 3.05) is 0 Å². The highest BCUT2D eigenvalue weighted by atomic mass is 35.5. The Morgan fingerprint density at radius 1 is 1.47 bits per heavy atom. The van der Waals surface area contributed by atoms with E-state index in [0.29, 0.717) is 11.1 Å². The lowest BCUT2D eigenvalue weighted by Gasteiger charge is -2.11. The van der Waals surface area contributed by atoms with Crippen molar-refractivity contribution in [1.82, 2.24) is 4.98 Å². The molecule has 78 valence electrons. The molecule has 2 rings (SSSR count). The van der Waals surface area contributed by atoms with Crippen LogP contribution >= 0.6 is 11.6 Å². The fourth-order valence-corrected chi connectivity index (χ4v) is 1.86. The van der Waals surface area contributed by atoms with Crippen LogP contribution in [0.15, 0.2) is 12.1 Å². The minimum Gasteiger partial charge on any atom is -0.239 e. The summed E-state index contributed by atoms with van der Waals surface area (Å²) in [6.07, 6.45) is 1.82. The molecule has 1 aromatic rings. The molecule has 0 aliphatic heterocycles. The number of rotatable bonds is 2. The predicted octanol–water partition coefficient (Wildman–Crippen LogP) is 3.41. The average Bonchev–Trinajstić information content (AvgIpc) is 2.97. The second-order valence-corrected chi connectivity index (χ2v) is 4.84. The number of pyridine rings is 1. The lowest BCUT2D eigenvalue weighted by molar-refractivity contribution is 0.817. The summed E-state index contributed by atoms with van der Waals surface area (Å²) in [7, 11) is 0. The van der Waals surface area contributed by atoms with E-state index < -0.39 is 0 Å². The zero-order chi connectivity index (χ0) is 11.1. The quantitative estimate of drug-likeness (QED) is 0.717. The molecule has 0 aromatic carbocycles. The first-order valence-corrected chi connectivity index (χ1v) is 5.54. The fourth-order valence-electron chi connectivity index (χ4n) is 1.65. The molecule has 0 saturated heterocycles. The zero-order valence-corrected chi connectivity index (χ0v) is 9.67. The molecule has 0 atom stereocenters. The van der Waals surface area contributed by atoms with Gasteiger partial charge in [-0.25, -0.2) is 4.98 Å². The molecule has 2 nitrogen and oxygen atoms in total.